The summed E-state index contributed by atoms with van der Waals surface area (Å²) in [7, 11) is 1.95. The van der Waals surface area contributed by atoms with Crippen molar-refractivity contribution >= 4 is 39.8 Å². The van der Waals surface area contributed by atoms with E-state index in [-0.39, 0.29) is 17.3 Å². The van der Waals surface area contributed by atoms with E-state index in [1.807, 2.05) is 55.8 Å². The SMILES string of the molecule is CC(C)NC(=O)NCCN1N=C(c2ccc3c(c2)nc(-c2ccco2)n3C)CSC1=O. The van der Waals surface area contributed by atoms with Crippen molar-refractivity contribution in [3.63, 3.8) is 0 Å². The van der Waals surface area contributed by atoms with Gasteiger partial charge in [0.1, 0.15) is 0 Å². The van der Waals surface area contributed by atoms with Crippen molar-refractivity contribution in [2.75, 3.05) is 18.8 Å². The number of nitrogens with one attached hydrogen (secondary N) is 2. The van der Waals surface area contributed by atoms with Gasteiger partial charge in [-0.05, 0) is 38.1 Å². The van der Waals surface area contributed by atoms with E-state index in [9.17, 15) is 9.59 Å². The van der Waals surface area contributed by atoms with Crippen molar-refractivity contribution < 1.29 is 14.0 Å². The zero-order valence-electron chi connectivity index (χ0n) is 17.6. The summed E-state index contributed by atoms with van der Waals surface area (Å²) in [6.07, 6.45) is 1.63. The van der Waals surface area contributed by atoms with E-state index in [0.29, 0.717) is 24.6 Å². The van der Waals surface area contributed by atoms with Crippen LogP contribution in [0.25, 0.3) is 22.6 Å². The number of nitrogens with zero attached hydrogens (tertiary/aromatic N) is 4. The fourth-order valence-electron chi connectivity index (χ4n) is 3.30. The highest BCUT2D eigenvalue weighted by molar-refractivity contribution is 8.14. The summed E-state index contributed by atoms with van der Waals surface area (Å²) in [6, 6.07) is 9.46. The number of furan rings is 1. The van der Waals surface area contributed by atoms with E-state index >= 15 is 0 Å². The minimum Gasteiger partial charge on any atom is -0.461 e. The molecule has 1 aliphatic heterocycles. The molecule has 1 aliphatic rings. The van der Waals surface area contributed by atoms with Crippen LogP contribution in [-0.4, -0.2) is 56.4 Å². The Bertz CT molecular complexity index is 1140. The molecule has 0 unspecified atom stereocenters. The van der Waals surface area contributed by atoms with Crippen molar-refractivity contribution in [3.05, 3.63) is 42.2 Å². The Morgan fingerprint density at radius 2 is 2.16 bits per heavy atom. The predicted molar refractivity (Wildman–Crippen MR) is 121 cm³/mol. The molecule has 3 amide bonds. The number of amides is 3. The van der Waals surface area contributed by atoms with Crippen molar-refractivity contribution in [2.24, 2.45) is 12.1 Å². The van der Waals surface area contributed by atoms with E-state index in [2.05, 4.69) is 15.7 Å². The molecule has 162 valence electrons. The van der Waals surface area contributed by atoms with Crippen LogP contribution in [0.15, 0.2) is 46.1 Å². The summed E-state index contributed by atoms with van der Waals surface area (Å²) >= 11 is 1.20. The molecule has 0 radical (unpaired) electrons. The first kappa shape index (κ1) is 21.0. The number of aromatic nitrogens is 2. The molecule has 2 N–H and O–H groups in total. The highest BCUT2D eigenvalue weighted by Crippen LogP contribution is 2.26. The maximum absolute atomic E-state index is 12.2. The normalized spacial score (nSPS) is 14.3. The summed E-state index contributed by atoms with van der Waals surface area (Å²) in [4.78, 5) is 28.7. The number of thioether (sulfide) groups is 1. The monoisotopic (exact) mass is 440 g/mol. The molecule has 0 fully saturated rings. The number of aryl methyl sites for hydroxylation is 1. The number of hydrogen-bond acceptors (Lipinski definition) is 6. The van der Waals surface area contributed by atoms with Gasteiger partial charge >= 0.3 is 11.3 Å². The Labute approximate surface area is 183 Å². The average molecular weight is 441 g/mol. The maximum atomic E-state index is 12.2. The Kier molecular flexibility index (Phi) is 5.99. The first-order valence-corrected chi connectivity index (χ1v) is 11.0. The van der Waals surface area contributed by atoms with Gasteiger partial charge in [-0.15, -0.1) is 0 Å². The van der Waals surface area contributed by atoms with Gasteiger partial charge < -0.3 is 19.6 Å². The van der Waals surface area contributed by atoms with Crippen LogP contribution in [0.3, 0.4) is 0 Å². The summed E-state index contributed by atoms with van der Waals surface area (Å²) in [5, 5.41) is 11.3. The van der Waals surface area contributed by atoms with Gasteiger partial charge in [0.05, 0.1) is 29.6 Å². The molecule has 4 rings (SSSR count). The molecule has 0 saturated heterocycles. The van der Waals surface area contributed by atoms with Crippen LogP contribution >= 0.6 is 11.8 Å². The summed E-state index contributed by atoms with van der Waals surface area (Å²) in [6.45, 7) is 4.39. The van der Waals surface area contributed by atoms with Crippen LogP contribution in [0.2, 0.25) is 0 Å². The number of urea groups is 1. The molecule has 3 aromatic rings. The van der Waals surface area contributed by atoms with Crippen molar-refractivity contribution in [2.45, 2.75) is 19.9 Å². The Balaban J connectivity index is 1.52. The largest absolute Gasteiger partial charge is 0.461 e. The number of rotatable bonds is 6. The second-order valence-corrected chi connectivity index (χ2v) is 8.38. The van der Waals surface area contributed by atoms with E-state index in [0.717, 1.165) is 28.1 Å². The predicted octanol–water partition coefficient (Wildman–Crippen LogP) is 3.41. The minimum atomic E-state index is -0.260. The third-order valence-electron chi connectivity index (χ3n) is 4.77. The summed E-state index contributed by atoms with van der Waals surface area (Å²) in [5.74, 6) is 1.94. The molecule has 10 heteroatoms. The molecule has 1 aromatic carbocycles. The number of hydrazone groups is 1. The van der Waals surface area contributed by atoms with Gasteiger partial charge in [0.15, 0.2) is 11.6 Å². The number of carbonyl (C=O) groups is 2. The van der Waals surface area contributed by atoms with E-state index in [1.165, 1.54) is 16.8 Å². The standard InChI is InChI=1S/C21H24N6O3S/c1-13(2)23-20(28)22-8-9-27-21(29)31-12-16(25-27)14-6-7-17-15(11-14)24-19(26(17)3)18-5-4-10-30-18/h4-7,10-11,13H,8-9,12H2,1-3H3,(H2,22,23,28). The van der Waals surface area contributed by atoms with Crippen LogP contribution in [-0.2, 0) is 7.05 Å². The highest BCUT2D eigenvalue weighted by atomic mass is 32.2. The van der Waals surface area contributed by atoms with Crippen LogP contribution in [0.1, 0.15) is 19.4 Å². The molecule has 2 aromatic heterocycles. The van der Waals surface area contributed by atoms with Crippen molar-refractivity contribution in [1.82, 2.24) is 25.2 Å². The Morgan fingerprint density at radius 3 is 2.90 bits per heavy atom. The van der Waals surface area contributed by atoms with Gasteiger partial charge in [-0.25, -0.2) is 14.8 Å². The van der Waals surface area contributed by atoms with Crippen LogP contribution in [0, 0.1) is 0 Å². The van der Waals surface area contributed by atoms with Crippen LogP contribution < -0.4 is 10.6 Å². The number of hydrogen-bond donors (Lipinski definition) is 2. The molecule has 0 atom stereocenters. The molecule has 0 aliphatic carbocycles. The topological polar surface area (TPSA) is 105 Å². The minimum absolute atomic E-state index is 0.0478. The average Bonchev–Trinajstić information content (AvgIpc) is 3.37. The summed E-state index contributed by atoms with van der Waals surface area (Å²) < 4.78 is 7.47. The smallest absolute Gasteiger partial charge is 0.315 e. The second-order valence-electron chi connectivity index (χ2n) is 7.45. The lowest BCUT2D eigenvalue weighted by atomic mass is 10.1. The molecular formula is C21H24N6O3S. The Hall–Kier alpha value is -3.27. The van der Waals surface area contributed by atoms with Gasteiger partial charge in [0.2, 0.25) is 0 Å². The quantitative estimate of drug-likeness (QED) is 0.611. The lowest BCUT2D eigenvalue weighted by molar-refractivity contribution is 0.221. The highest BCUT2D eigenvalue weighted by Gasteiger charge is 2.23. The fourth-order valence-corrected chi connectivity index (χ4v) is 4.06. The Morgan fingerprint density at radius 1 is 1.32 bits per heavy atom. The lowest BCUT2D eigenvalue weighted by Gasteiger charge is -2.23. The van der Waals surface area contributed by atoms with Gasteiger partial charge in [-0.2, -0.15) is 5.10 Å². The molecule has 0 saturated carbocycles. The number of fused-ring (bicyclic) bond motifs is 1. The molecule has 0 bridgehead atoms. The van der Waals surface area contributed by atoms with Gasteiger partial charge in [0, 0.05) is 31.0 Å². The molecule has 0 spiro atoms. The van der Waals surface area contributed by atoms with Gasteiger partial charge in [-0.3, -0.25) is 4.79 Å². The molecule has 31 heavy (non-hydrogen) atoms. The zero-order chi connectivity index (χ0) is 22.0. The number of carbonyl (C=O) groups excluding carboxylic acids is 2. The number of benzene rings is 1. The second kappa shape index (κ2) is 8.84. The van der Waals surface area contributed by atoms with E-state index < -0.39 is 0 Å². The first-order chi connectivity index (χ1) is 14.9. The third-order valence-corrected chi connectivity index (χ3v) is 5.64. The van der Waals surface area contributed by atoms with E-state index in [1.54, 1.807) is 6.26 Å². The van der Waals surface area contributed by atoms with Crippen LogP contribution in [0.5, 0.6) is 0 Å². The van der Waals surface area contributed by atoms with E-state index in [4.69, 9.17) is 9.40 Å². The van der Waals surface area contributed by atoms with Gasteiger partial charge in [0.25, 0.3) is 0 Å². The lowest BCUT2D eigenvalue weighted by Crippen LogP contribution is -2.43. The molecule has 3 heterocycles. The maximum Gasteiger partial charge on any atom is 0.315 e. The summed E-state index contributed by atoms with van der Waals surface area (Å²) in [5.41, 5.74) is 3.51. The van der Waals surface area contributed by atoms with Gasteiger partial charge in [-0.1, -0.05) is 17.8 Å². The third kappa shape index (κ3) is 4.58. The molecule has 9 nitrogen and oxygen atoms in total. The van der Waals surface area contributed by atoms with Crippen molar-refractivity contribution in [1.29, 1.82) is 0 Å². The molecular weight excluding hydrogens is 416 g/mol. The first-order valence-electron chi connectivity index (χ1n) is 9.99. The number of imidazole rings is 1. The zero-order valence-corrected chi connectivity index (χ0v) is 18.4. The van der Waals surface area contributed by atoms with Crippen LogP contribution in [0.4, 0.5) is 9.59 Å². The fraction of sp³-hybridized carbons (Fsp3) is 0.333. The van der Waals surface area contributed by atoms with Crippen molar-refractivity contribution in [3.8, 4) is 11.6 Å².